The fourth-order valence-electron chi connectivity index (χ4n) is 0.401. The molecular formula is C5H10O3S. The summed E-state index contributed by atoms with van der Waals surface area (Å²) in [6.45, 7) is 2.30. The first-order chi connectivity index (χ1) is 4.16. The fourth-order valence-corrected chi connectivity index (χ4v) is 0.706. The number of carbonyl (C=O) groups is 1. The van der Waals surface area contributed by atoms with Gasteiger partial charge in [0.1, 0.15) is 5.44 Å². The van der Waals surface area contributed by atoms with E-state index >= 15 is 0 Å². The highest BCUT2D eigenvalue weighted by Crippen LogP contribution is 2.01. The maximum atomic E-state index is 9.96. The van der Waals surface area contributed by atoms with Crippen molar-refractivity contribution in [1.82, 2.24) is 0 Å². The first kappa shape index (κ1) is 8.78. The topological polar surface area (TPSA) is 46.5 Å². The predicted molar refractivity (Wildman–Crippen MR) is 36.7 cm³/mol. The molecule has 0 amide bonds. The van der Waals surface area contributed by atoms with Crippen molar-refractivity contribution in [1.29, 1.82) is 0 Å². The van der Waals surface area contributed by atoms with Crippen molar-refractivity contribution in [3.63, 3.8) is 0 Å². The zero-order valence-corrected chi connectivity index (χ0v) is 6.10. The average molecular weight is 150 g/mol. The molecule has 0 aromatic carbocycles. The van der Waals surface area contributed by atoms with Crippen LogP contribution in [0.25, 0.3) is 0 Å². The Balaban J connectivity index is 3.26. The van der Waals surface area contributed by atoms with Gasteiger partial charge in [-0.15, -0.1) is 12.6 Å². The van der Waals surface area contributed by atoms with Gasteiger partial charge in [0.05, 0.1) is 6.42 Å². The molecule has 0 fully saturated rings. The van der Waals surface area contributed by atoms with Crippen molar-refractivity contribution in [2.24, 2.45) is 0 Å². The van der Waals surface area contributed by atoms with Crippen molar-refractivity contribution in [2.75, 3.05) is 6.61 Å². The molecule has 0 saturated heterocycles. The van der Waals surface area contributed by atoms with Gasteiger partial charge in [0, 0.05) is 6.61 Å². The molecule has 0 bridgehead atoms. The highest BCUT2D eigenvalue weighted by molar-refractivity contribution is 7.80. The lowest BCUT2D eigenvalue weighted by Gasteiger charge is -2.05. The van der Waals surface area contributed by atoms with E-state index in [1.54, 1.807) is 6.92 Å². The molecule has 9 heavy (non-hydrogen) atoms. The minimum absolute atomic E-state index is 0.0447. The van der Waals surface area contributed by atoms with Gasteiger partial charge in [-0.3, -0.25) is 4.79 Å². The molecule has 1 unspecified atom stereocenters. The molecule has 0 radical (unpaired) electrons. The Morgan fingerprint density at radius 1 is 1.89 bits per heavy atom. The van der Waals surface area contributed by atoms with E-state index in [-0.39, 0.29) is 6.42 Å². The lowest BCUT2D eigenvalue weighted by molar-refractivity contribution is -0.138. The summed E-state index contributed by atoms with van der Waals surface area (Å²) in [5.41, 5.74) is -0.465. The van der Waals surface area contributed by atoms with Gasteiger partial charge in [0.2, 0.25) is 0 Å². The van der Waals surface area contributed by atoms with Crippen LogP contribution in [0.2, 0.25) is 0 Å². The fraction of sp³-hybridized carbons (Fsp3) is 0.800. The summed E-state index contributed by atoms with van der Waals surface area (Å²) in [5.74, 6) is -0.886. The molecule has 0 rings (SSSR count). The SMILES string of the molecule is CCOC(S)CC(=O)O. The second kappa shape index (κ2) is 4.64. The molecule has 3 nitrogen and oxygen atoms in total. The molecule has 0 saturated carbocycles. The van der Waals surface area contributed by atoms with Gasteiger partial charge in [-0.05, 0) is 6.92 Å². The monoisotopic (exact) mass is 150 g/mol. The van der Waals surface area contributed by atoms with Crippen molar-refractivity contribution in [3.05, 3.63) is 0 Å². The standard InChI is InChI=1S/C5H10O3S/c1-2-8-5(9)3-4(6)7/h5,9H,2-3H2,1H3,(H,6,7). The van der Waals surface area contributed by atoms with E-state index < -0.39 is 11.4 Å². The van der Waals surface area contributed by atoms with Crippen LogP contribution in [0, 0.1) is 0 Å². The van der Waals surface area contributed by atoms with E-state index in [4.69, 9.17) is 9.84 Å². The molecule has 0 spiro atoms. The van der Waals surface area contributed by atoms with Gasteiger partial charge in [-0.2, -0.15) is 0 Å². The first-order valence-corrected chi connectivity index (χ1v) is 3.20. The van der Waals surface area contributed by atoms with E-state index in [0.717, 1.165) is 0 Å². The average Bonchev–Trinajstić information content (AvgIpc) is 1.63. The number of carboxylic acids is 1. The molecule has 0 aliphatic rings. The van der Waals surface area contributed by atoms with Crippen LogP contribution in [0.3, 0.4) is 0 Å². The summed E-state index contributed by atoms with van der Waals surface area (Å²) in [5, 5.41) is 8.18. The van der Waals surface area contributed by atoms with Crippen LogP contribution in [0.4, 0.5) is 0 Å². The maximum absolute atomic E-state index is 9.96. The number of aliphatic carboxylic acids is 1. The third kappa shape index (κ3) is 5.65. The van der Waals surface area contributed by atoms with E-state index in [9.17, 15) is 4.79 Å². The van der Waals surface area contributed by atoms with E-state index in [1.165, 1.54) is 0 Å². The highest BCUT2D eigenvalue weighted by Gasteiger charge is 2.06. The normalized spacial score (nSPS) is 13.1. The molecule has 0 aromatic rings. The minimum atomic E-state index is -0.886. The van der Waals surface area contributed by atoms with Crippen LogP contribution >= 0.6 is 12.6 Å². The van der Waals surface area contributed by atoms with Crippen LogP contribution in [-0.2, 0) is 9.53 Å². The largest absolute Gasteiger partial charge is 0.481 e. The molecule has 4 heteroatoms. The third-order valence-corrected chi connectivity index (χ3v) is 1.04. The second-order valence-corrected chi connectivity index (χ2v) is 2.08. The molecule has 54 valence electrons. The summed E-state index contributed by atoms with van der Waals surface area (Å²) >= 11 is 3.85. The van der Waals surface area contributed by atoms with Crippen LogP contribution in [0.5, 0.6) is 0 Å². The van der Waals surface area contributed by atoms with E-state index in [0.29, 0.717) is 6.61 Å². The number of thiol groups is 1. The van der Waals surface area contributed by atoms with Crippen molar-refractivity contribution in [3.8, 4) is 0 Å². The van der Waals surface area contributed by atoms with Gasteiger partial charge in [-0.25, -0.2) is 0 Å². The second-order valence-electron chi connectivity index (χ2n) is 1.51. The van der Waals surface area contributed by atoms with Crippen LogP contribution in [0.15, 0.2) is 0 Å². The lowest BCUT2D eigenvalue weighted by Crippen LogP contribution is -2.10. The highest BCUT2D eigenvalue weighted by atomic mass is 32.1. The molecular weight excluding hydrogens is 140 g/mol. The van der Waals surface area contributed by atoms with Gasteiger partial charge in [0.25, 0.3) is 0 Å². The van der Waals surface area contributed by atoms with Gasteiger partial charge >= 0.3 is 5.97 Å². The van der Waals surface area contributed by atoms with Crippen LogP contribution in [-0.4, -0.2) is 23.1 Å². The Morgan fingerprint density at radius 2 is 2.44 bits per heavy atom. The Labute approximate surface area is 59.4 Å². The zero-order valence-electron chi connectivity index (χ0n) is 5.20. The van der Waals surface area contributed by atoms with Crippen molar-refractivity contribution < 1.29 is 14.6 Å². The number of carboxylic acid groups (broad SMARTS) is 1. The van der Waals surface area contributed by atoms with Crippen LogP contribution < -0.4 is 0 Å². The Bertz CT molecular complexity index is 94.2. The summed E-state index contributed by atoms with van der Waals surface area (Å²) in [7, 11) is 0. The third-order valence-electron chi connectivity index (χ3n) is 0.708. The lowest BCUT2D eigenvalue weighted by atomic mass is 10.5. The Hall–Kier alpha value is -0.220. The van der Waals surface area contributed by atoms with E-state index in [1.807, 2.05) is 0 Å². The summed E-state index contributed by atoms with van der Waals surface area (Å²) in [4.78, 5) is 9.96. The van der Waals surface area contributed by atoms with Gasteiger partial charge < -0.3 is 9.84 Å². The first-order valence-electron chi connectivity index (χ1n) is 2.68. The smallest absolute Gasteiger partial charge is 0.306 e. The van der Waals surface area contributed by atoms with Crippen LogP contribution in [0.1, 0.15) is 13.3 Å². The summed E-state index contributed by atoms with van der Waals surface area (Å²) in [6.07, 6.45) is -0.0447. The molecule has 1 N–H and O–H groups in total. The number of rotatable bonds is 4. The number of ether oxygens (including phenoxy) is 1. The molecule has 0 aromatic heterocycles. The number of hydrogen-bond donors (Lipinski definition) is 2. The summed E-state index contributed by atoms with van der Waals surface area (Å²) < 4.78 is 4.84. The molecule has 1 atom stereocenters. The maximum Gasteiger partial charge on any atom is 0.306 e. The Kier molecular flexibility index (Phi) is 4.53. The minimum Gasteiger partial charge on any atom is -0.481 e. The zero-order chi connectivity index (χ0) is 7.28. The number of hydrogen-bond acceptors (Lipinski definition) is 3. The van der Waals surface area contributed by atoms with Gasteiger partial charge in [-0.1, -0.05) is 0 Å². The van der Waals surface area contributed by atoms with E-state index in [2.05, 4.69) is 12.6 Å². The Morgan fingerprint density at radius 3 is 2.78 bits per heavy atom. The molecule has 0 heterocycles. The van der Waals surface area contributed by atoms with Crippen molar-refractivity contribution in [2.45, 2.75) is 18.8 Å². The quantitative estimate of drug-likeness (QED) is 0.459. The molecule has 0 aliphatic heterocycles. The van der Waals surface area contributed by atoms with Gasteiger partial charge in [0.15, 0.2) is 0 Å². The summed E-state index contributed by atoms with van der Waals surface area (Å²) in [6, 6.07) is 0. The molecule has 0 aliphatic carbocycles. The van der Waals surface area contributed by atoms with Crippen molar-refractivity contribution >= 4 is 18.6 Å². The predicted octanol–water partition coefficient (Wildman–Crippen LogP) is 0.754.